The third-order valence-electron chi connectivity index (χ3n) is 7.30. The van der Waals surface area contributed by atoms with E-state index in [4.69, 9.17) is 21.3 Å². The molecule has 3 aromatic carbocycles. The Morgan fingerprint density at radius 1 is 1.02 bits per heavy atom. The molecular formula is C33H35ClN4O4S. The number of carbonyl (C=O) groups excluding carboxylic acids is 1. The van der Waals surface area contributed by atoms with E-state index in [-0.39, 0.29) is 16.5 Å². The van der Waals surface area contributed by atoms with Gasteiger partial charge in [0.15, 0.2) is 0 Å². The van der Waals surface area contributed by atoms with Crippen molar-refractivity contribution in [3.8, 4) is 5.75 Å². The van der Waals surface area contributed by atoms with Crippen molar-refractivity contribution in [3.05, 3.63) is 112 Å². The molecule has 8 nitrogen and oxygen atoms in total. The van der Waals surface area contributed by atoms with Gasteiger partial charge in [0.05, 0.1) is 28.8 Å². The molecule has 0 bridgehead atoms. The third kappa shape index (κ3) is 7.72. The van der Waals surface area contributed by atoms with E-state index in [0.29, 0.717) is 42.0 Å². The van der Waals surface area contributed by atoms with Crippen LogP contribution in [0, 0.1) is 5.92 Å². The van der Waals surface area contributed by atoms with E-state index in [1.54, 1.807) is 18.2 Å². The maximum atomic E-state index is 13.4. The van der Waals surface area contributed by atoms with Gasteiger partial charge in [0.1, 0.15) is 5.75 Å². The quantitative estimate of drug-likeness (QED) is 0.207. The van der Waals surface area contributed by atoms with Crippen LogP contribution in [0.1, 0.15) is 59.9 Å². The van der Waals surface area contributed by atoms with Gasteiger partial charge >= 0.3 is 0 Å². The van der Waals surface area contributed by atoms with Gasteiger partial charge in [0, 0.05) is 17.8 Å². The Morgan fingerprint density at radius 2 is 1.74 bits per heavy atom. The molecule has 1 saturated heterocycles. The Hall–Kier alpha value is -3.95. The summed E-state index contributed by atoms with van der Waals surface area (Å²) in [5.74, 6) is 0.970. The van der Waals surface area contributed by atoms with Crippen LogP contribution in [0.2, 0.25) is 5.02 Å². The van der Waals surface area contributed by atoms with Crippen LogP contribution in [-0.2, 0) is 22.9 Å². The first-order chi connectivity index (χ1) is 20.7. The zero-order chi connectivity index (χ0) is 30.4. The fraction of sp³-hybridized carbons (Fsp3) is 0.303. The molecule has 0 spiro atoms. The third-order valence-corrected chi connectivity index (χ3v) is 8.90. The number of rotatable bonds is 11. The molecule has 1 unspecified atom stereocenters. The molecule has 1 aromatic heterocycles. The first-order valence-corrected chi connectivity index (χ1v) is 16.3. The molecule has 0 radical (unpaired) electrons. The molecule has 2 heterocycles. The number of nitrogens with zero attached hydrogens (tertiary/aromatic N) is 3. The topological polar surface area (TPSA) is 101 Å². The second kappa shape index (κ2) is 13.6. The summed E-state index contributed by atoms with van der Waals surface area (Å²) in [5.41, 5.74) is 2.76. The Labute approximate surface area is 258 Å². The molecule has 1 amide bonds. The molecule has 1 N–H and O–H groups in total. The van der Waals surface area contributed by atoms with Gasteiger partial charge in [-0.05, 0) is 79.1 Å². The molecule has 224 valence electrons. The number of amides is 1. The van der Waals surface area contributed by atoms with E-state index in [0.717, 1.165) is 36.3 Å². The second-order valence-corrected chi connectivity index (χ2v) is 13.1. The minimum atomic E-state index is -4.07. The van der Waals surface area contributed by atoms with Crippen molar-refractivity contribution in [2.24, 2.45) is 5.92 Å². The van der Waals surface area contributed by atoms with Gasteiger partial charge in [-0.3, -0.25) is 4.79 Å². The summed E-state index contributed by atoms with van der Waals surface area (Å²) in [4.78, 5) is 24.9. The maximum Gasteiger partial charge on any atom is 0.268 e. The van der Waals surface area contributed by atoms with Crippen LogP contribution in [0.3, 0.4) is 0 Å². The van der Waals surface area contributed by atoms with Gasteiger partial charge in [-0.15, -0.1) is 0 Å². The van der Waals surface area contributed by atoms with Gasteiger partial charge < -0.3 is 9.64 Å². The van der Waals surface area contributed by atoms with Crippen molar-refractivity contribution in [2.45, 2.75) is 50.5 Å². The number of benzene rings is 3. The molecule has 0 saturated carbocycles. The van der Waals surface area contributed by atoms with Crippen LogP contribution in [0.25, 0.3) is 0 Å². The lowest BCUT2D eigenvalue weighted by Crippen LogP contribution is -2.32. The first kappa shape index (κ1) is 30.5. The van der Waals surface area contributed by atoms with Crippen LogP contribution >= 0.6 is 11.6 Å². The van der Waals surface area contributed by atoms with Crippen molar-refractivity contribution in [1.29, 1.82) is 0 Å². The average molecular weight is 619 g/mol. The summed E-state index contributed by atoms with van der Waals surface area (Å²) < 4.78 is 33.9. The van der Waals surface area contributed by atoms with Crippen molar-refractivity contribution in [3.63, 3.8) is 0 Å². The fourth-order valence-electron chi connectivity index (χ4n) is 5.08. The summed E-state index contributed by atoms with van der Waals surface area (Å²) in [5, 5.41) is 0.673. The molecule has 0 aliphatic carbocycles. The highest BCUT2D eigenvalue weighted by molar-refractivity contribution is 7.90. The number of sulfonamides is 1. The van der Waals surface area contributed by atoms with E-state index < -0.39 is 15.9 Å². The first-order valence-electron chi connectivity index (χ1n) is 14.4. The average Bonchev–Trinajstić information content (AvgIpc) is 3.50. The summed E-state index contributed by atoms with van der Waals surface area (Å²) in [6.45, 7) is 5.60. The Kier molecular flexibility index (Phi) is 9.62. The lowest BCUT2D eigenvalue weighted by Gasteiger charge is -2.26. The highest BCUT2D eigenvalue weighted by Crippen LogP contribution is 2.35. The fourth-order valence-corrected chi connectivity index (χ4v) is 6.19. The molecule has 10 heteroatoms. The highest BCUT2D eigenvalue weighted by atomic mass is 35.5. The zero-order valence-electron chi connectivity index (χ0n) is 24.2. The minimum Gasteiger partial charge on any atom is -0.493 e. The number of hydrogen-bond donors (Lipinski definition) is 1. The molecular weight excluding hydrogens is 584 g/mol. The number of aromatic nitrogens is 2. The molecule has 1 aliphatic heterocycles. The predicted octanol–water partition coefficient (Wildman–Crippen LogP) is 6.41. The number of anilines is 1. The van der Waals surface area contributed by atoms with Crippen LogP contribution < -0.4 is 14.4 Å². The smallest absolute Gasteiger partial charge is 0.268 e. The molecule has 4 aromatic rings. The van der Waals surface area contributed by atoms with Crippen molar-refractivity contribution in [1.82, 2.24) is 14.7 Å². The molecule has 1 atom stereocenters. The Balaban J connectivity index is 1.41. The van der Waals surface area contributed by atoms with Crippen LogP contribution in [0.5, 0.6) is 5.75 Å². The highest BCUT2D eigenvalue weighted by Gasteiger charge is 2.29. The maximum absolute atomic E-state index is 13.4. The predicted molar refractivity (Wildman–Crippen MR) is 168 cm³/mol. The summed E-state index contributed by atoms with van der Waals surface area (Å²) in [6, 6.07) is 23.5. The lowest BCUT2D eigenvalue weighted by atomic mass is 10.0. The summed E-state index contributed by atoms with van der Waals surface area (Å²) >= 11 is 6.12. The Bertz CT molecular complexity index is 1650. The van der Waals surface area contributed by atoms with Crippen molar-refractivity contribution in [2.75, 3.05) is 18.1 Å². The van der Waals surface area contributed by atoms with Gasteiger partial charge in [-0.25, -0.2) is 23.1 Å². The summed E-state index contributed by atoms with van der Waals surface area (Å²) in [6.07, 6.45) is 4.34. The number of aryl methyl sites for hydroxylation is 2. The number of halogens is 1. The molecule has 1 aliphatic rings. The number of nitrogens with one attached hydrogen (secondary N) is 1. The molecule has 1 fully saturated rings. The van der Waals surface area contributed by atoms with Crippen LogP contribution in [0.4, 0.5) is 5.95 Å². The number of carbonyl (C=O) groups is 1. The van der Waals surface area contributed by atoms with E-state index in [9.17, 15) is 13.2 Å². The SMILES string of the molecule is CC(C)COc1ccc(CCc2nc(N3CCCC3c3ccc(Cl)cc3)ncc2C(=O)NS(=O)(=O)c2ccccc2)cc1. The Morgan fingerprint density at radius 3 is 2.44 bits per heavy atom. The van der Waals surface area contributed by atoms with Gasteiger partial charge in [-0.1, -0.05) is 67.9 Å². The van der Waals surface area contributed by atoms with E-state index >= 15 is 0 Å². The van der Waals surface area contributed by atoms with E-state index in [1.165, 1.54) is 18.3 Å². The van der Waals surface area contributed by atoms with Gasteiger partial charge in [-0.2, -0.15) is 0 Å². The van der Waals surface area contributed by atoms with Crippen LogP contribution in [-0.4, -0.2) is 37.4 Å². The summed E-state index contributed by atoms with van der Waals surface area (Å²) in [7, 11) is -4.07. The van der Waals surface area contributed by atoms with Gasteiger partial charge in [0.2, 0.25) is 5.95 Å². The van der Waals surface area contributed by atoms with Crippen molar-refractivity contribution >= 4 is 33.5 Å². The second-order valence-electron chi connectivity index (χ2n) is 11.0. The van der Waals surface area contributed by atoms with Crippen LogP contribution in [0.15, 0.2) is 90.0 Å². The van der Waals surface area contributed by atoms with E-state index in [2.05, 4.69) is 28.5 Å². The van der Waals surface area contributed by atoms with Gasteiger partial charge in [0.25, 0.3) is 15.9 Å². The molecule has 43 heavy (non-hydrogen) atoms. The van der Waals surface area contributed by atoms with Crippen molar-refractivity contribution < 1.29 is 17.9 Å². The molecule has 5 rings (SSSR count). The monoisotopic (exact) mass is 618 g/mol. The largest absolute Gasteiger partial charge is 0.493 e. The number of ether oxygens (including phenoxy) is 1. The van der Waals surface area contributed by atoms with E-state index in [1.807, 2.05) is 48.5 Å². The zero-order valence-corrected chi connectivity index (χ0v) is 25.8. The standard InChI is InChI=1S/C33H35ClN4O4S/c1-23(2)22-42-27-17-10-24(11-18-27)12-19-30-29(32(39)37-43(40,41)28-7-4-3-5-8-28)21-35-33(36-30)38-20-6-9-31(38)25-13-15-26(34)16-14-25/h3-5,7-8,10-11,13-18,21,23,31H,6,9,12,19-20,22H2,1-2H3,(H,37,39). The normalized spacial score (nSPS) is 15.1. The minimum absolute atomic E-state index is 0.00471. The lowest BCUT2D eigenvalue weighted by molar-refractivity contribution is 0.0979. The number of hydrogen-bond acceptors (Lipinski definition) is 7.